The topological polar surface area (TPSA) is 166 Å². The summed E-state index contributed by atoms with van der Waals surface area (Å²) in [7, 11) is 0. The Labute approximate surface area is 291 Å². The van der Waals surface area contributed by atoms with Gasteiger partial charge in [-0.1, -0.05) is 17.7 Å². The van der Waals surface area contributed by atoms with E-state index in [-0.39, 0.29) is 58.9 Å². The fraction of sp³-hybridized carbons (Fsp3) is 0.406. The molecule has 1 saturated heterocycles. The number of hydrogen-bond donors (Lipinski definition) is 2. The molecule has 2 amide bonds. The highest BCUT2D eigenvalue weighted by Crippen LogP contribution is 2.34. The number of amides is 2. The molecule has 0 radical (unpaired) electrons. The van der Waals surface area contributed by atoms with Crippen LogP contribution in [0.3, 0.4) is 0 Å². The van der Waals surface area contributed by atoms with Crippen molar-refractivity contribution in [1.29, 1.82) is 0 Å². The van der Waals surface area contributed by atoms with Gasteiger partial charge in [0.25, 0.3) is 11.5 Å². The summed E-state index contributed by atoms with van der Waals surface area (Å²) in [5.41, 5.74) is -0.896. The van der Waals surface area contributed by atoms with Crippen LogP contribution in [0.1, 0.15) is 59.1 Å². The van der Waals surface area contributed by atoms with Crippen molar-refractivity contribution in [2.75, 3.05) is 31.6 Å². The molecule has 3 aromatic heterocycles. The fourth-order valence-electron chi connectivity index (χ4n) is 5.82. The third-order valence-electron chi connectivity index (χ3n) is 8.52. The van der Waals surface area contributed by atoms with Gasteiger partial charge in [-0.2, -0.15) is 22.7 Å². The van der Waals surface area contributed by atoms with Gasteiger partial charge in [0.2, 0.25) is 11.7 Å². The van der Waals surface area contributed by atoms with Gasteiger partial charge < -0.3 is 29.4 Å². The zero-order valence-corrected chi connectivity index (χ0v) is 27.9. The van der Waals surface area contributed by atoms with E-state index in [0.717, 1.165) is 28.5 Å². The van der Waals surface area contributed by atoms with Gasteiger partial charge in [0.15, 0.2) is 17.3 Å². The smallest absolute Gasteiger partial charge is 0.416 e. The first-order valence-corrected chi connectivity index (χ1v) is 16.1. The van der Waals surface area contributed by atoms with Gasteiger partial charge >= 0.3 is 6.18 Å². The van der Waals surface area contributed by atoms with Crippen LogP contribution in [0.25, 0.3) is 11.4 Å². The number of carbonyl (C=O) groups is 2. The maximum Gasteiger partial charge on any atom is 0.416 e. The molecular formula is C32H31ClF4N8O6. The highest BCUT2D eigenvalue weighted by atomic mass is 35.5. The number of ether oxygens (including phenoxy) is 2. The normalized spacial score (nSPS) is 18.8. The summed E-state index contributed by atoms with van der Waals surface area (Å²) in [6.07, 6.45) is -4.95. The van der Waals surface area contributed by atoms with Crippen molar-refractivity contribution in [3.63, 3.8) is 0 Å². The number of hydrogen-bond acceptors (Lipinski definition) is 10. The molecule has 14 nitrogen and oxygen atoms in total. The van der Waals surface area contributed by atoms with E-state index in [2.05, 4.69) is 25.4 Å². The molecule has 5 heterocycles. The SMILES string of the molecule is Cc1ncnc(C(=O)N2CCC(O[C@H](C)c3cc(=O)n4nc(C5=CCOCC5)nc4n3CC(=O)Nc3ccc(C(F)(F)F)cc3Cl)C(F)C2)c1O. The summed E-state index contributed by atoms with van der Waals surface area (Å²) in [6.45, 7) is 2.96. The van der Waals surface area contributed by atoms with Crippen LogP contribution in [-0.4, -0.2) is 89.5 Å². The third-order valence-corrected chi connectivity index (χ3v) is 8.83. The Morgan fingerprint density at radius 1 is 1.24 bits per heavy atom. The molecule has 51 heavy (non-hydrogen) atoms. The number of likely N-dealkylation sites (tertiary alicyclic amines) is 1. The first-order valence-electron chi connectivity index (χ1n) is 15.7. The van der Waals surface area contributed by atoms with Crippen LogP contribution in [0.2, 0.25) is 5.02 Å². The molecule has 0 saturated carbocycles. The second-order valence-corrected chi connectivity index (χ2v) is 12.4. The molecule has 2 N–H and O–H groups in total. The molecule has 0 aliphatic carbocycles. The lowest BCUT2D eigenvalue weighted by atomic mass is 10.0. The average Bonchev–Trinajstić information content (AvgIpc) is 3.55. The van der Waals surface area contributed by atoms with E-state index in [0.29, 0.717) is 25.7 Å². The first-order chi connectivity index (χ1) is 24.2. The van der Waals surface area contributed by atoms with E-state index in [1.54, 1.807) is 13.0 Å². The van der Waals surface area contributed by atoms with Crippen molar-refractivity contribution in [3.8, 4) is 5.75 Å². The zero-order chi connectivity index (χ0) is 36.6. The average molecular weight is 735 g/mol. The minimum atomic E-state index is -4.65. The predicted octanol–water partition coefficient (Wildman–Crippen LogP) is 4.14. The van der Waals surface area contributed by atoms with Crippen LogP contribution in [0.15, 0.2) is 41.5 Å². The van der Waals surface area contributed by atoms with Gasteiger partial charge in [-0.15, -0.1) is 5.10 Å². The molecule has 2 unspecified atom stereocenters. The number of benzene rings is 1. The van der Waals surface area contributed by atoms with Crippen molar-refractivity contribution in [2.24, 2.45) is 0 Å². The number of aromatic nitrogens is 6. The Morgan fingerprint density at radius 2 is 2.02 bits per heavy atom. The number of halogens is 5. The van der Waals surface area contributed by atoms with Gasteiger partial charge in [0, 0.05) is 12.6 Å². The lowest BCUT2D eigenvalue weighted by Gasteiger charge is -2.36. The molecule has 0 bridgehead atoms. The molecule has 6 rings (SSSR count). The number of carbonyl (C=O) groups excluding carboxylic acids is 2. The molecule has 270 valence electrons. The second-order valence-electron chi connectivity index (χ2n) is 12.0. The van der Waals surface area contributed by atoms with Gasteiger partial charge in [0.05, 0.1) is 59.6 Å². The lowest BCUT2D eigenvalue weighted by Crippen LogP contribution is -2.48. The molecule has 2 aliphatic rings. The Hall–Kier alpha value is -4.94. The predicted molar refractivity (Wildman–Crippen MR) is 173 cm³/mol. The zero-order valence-electron chi connectivity index (χ0n) is 27.2. The van der Waals surface area contributed by atoms with Crippen molar-refractivity contribution in [1.82, 2.24) is 34.0 Å². The number of aromatic hydroxyl groups is 1. The number of nitrogens with zero attached hydrogens (tertiary/aromatic N) is 7. The number of piperidine rings is 1. The standard InChI is InChI=1S/C32H31ClF4N8O6/c1-16-28(48)27(39-15-38-16)30(49)43-8-5-24(21(34)13-43)51-17(2)23-12-26(47)45-31(41-29(42-45)18-6-9-50-10-7-18)44(23)14-25(46)40-22-4-3-19(11-20(22)33)32(35,36)37/h3-4,6,11-12,15,17,21,24,48H,5,7-10,13-14H2,1-2H3,(H,40,46)/t17-,21?,24?/m1/s1. The number of rotatable bonds is 8. The summed E-state index contributed by atoms with van der Waals surface area (Å²) in [5, 5.41) is 16.7. The second kappa shape index (κ2) is 14.4. The number of fused-ring (bicyclic) bond motifs is 1. The van der Waals surface area contributed by atoms with Gasteiger partial charge in [-0.05, 0) is 50.5 Å². The van der Waals surface area contributed by atoms with Crippen molar-refractivity contribution in [3.05, 3.63) is 80.5 Å². The van der Waals surface area contributed by atoms with Crippen LogP contribution in [0, 0.1) is 6.92 Å². The maximum absolute atomic E-state index is 15.6. The van der Waals surface area contributed by atoms with E-state index in [9.17, 15) is 32.7 Å². The molecular weight excluding hydrogens is 704 g/mol. The molecule has 2 aliphatic heterocycles. The molecule has 19 heteroatoms. The maximum atomic E-state index is 15.6. The Morgan fingerprint density at radius 3 is 2.71 bits per heavy atom. The number of alkyl halides is 4. The first kappa shape index (κ1) is 35.9. The Kier molecular flexibility index (Phi) is 10.1. The summed E-state index contributed by atoms with van der Waals surface area (Å²) >= 11 is 6.07. The van der Waals surface area contributed by atoms with Gasteiger partial charge in [-0.25, -0.2) is 14.4 Å². The van der Waals surface area contributed by atoms with E-state index >= 15 is 4.39 Å². The van der Waals surface area contributed by atoms with Crippen LogP contribution in [-0.2, 0) is 27.0 Å². The van der Waals surface area contributed by atoms with E-state index in [1.165, 1.54) is 22.5 Å². The van der Waals surface area contributed by atoms with Crippen molar-refractivity contribution < 1.29 is 41.7 Å². The number of aryl methyl sites for hydroxylation is 1. The summed E-state index contributed by atoms with van der Waals surface area (Å²) in [5.74, 6) is -1.61. The van der Waals surface area contributed by atoms with Gasteiger partial charge in [0.1, 0.15) is 19.0 Å². The highest BCUT2D eigenvalue weighted by molar-refractivity contribution is 6.33. The molecule has 3 atom stereocenters. The van der Waals surface area contributed by atoms with Crippen LogP contribution < -0.4 is 10.9 Å². The number of nitrogens with one attached hydrogen (secondary N) is 1. The fourth-order valence-corrected chi connectivity index (χ4v) is 6.05. The Bertz CT molecular complexity index is 2090. The third kappa shape index (κ3) is 7.57. The van der Waals surface area contributed by atoms with Gasteiger partial charge in [-0.3, -0.25) is 14.4 Å². The summed E-state index contributed by atoms with van der Waals surface area (Å²) in [6, 6.07) is 3.66. The van der Waals surface area contributed by atoms with Crippen LogP contribution >= 0.6 is 11.6 Å². The van der Waals surface area contributed by atoms with Crippen LogP contribution in [0.5, 0.6) is 5.75 Å². The van der Waals surface area contributed by atoms with Crippen LogP contribution in [0.4, 0.5) is 23.2 Å². The van der Waals surface area contributed by atoms with E-state index < -0.39 is 59.8 Å². The molecule has 1 aromatic carbocycles. The Balaban J connectivity index is 1.27. The van der Waals surface area contributed by atoms with Crippen molar-refractivity contribution >= 4 is 40.5 Å². The van der Waals surface area contributed by atoms with E-state index in [1.807, 2.05) is 0 Å². The lowest BCUT2D eigenvalue weighted by molar-refractivity contribution is -0.137. The van der Waals surface area contributed by atoms with E-state index in [4.69, 9.17) is 21.1 Å². The summed E-state index contributed by atoms with van der Waals surface area (Å²) in [4.78, 5) is 53.2. The van der Waals surface area contributed by atoms with Crippen molar-refractivity contribution in [2.45, 2.75) is 57.8 Å². The minimum absolute atomic E-state index is 0.0406. The minimum Gasteiger partial charge on any atom is -0.504 e. The largest absolute Gasteiger partial charge is 0.504 e. The number of anilines is 1. The molecule has 4 aromatic rings. The highest BCUT2D eigenvalue weighted by Gasteiger charge is 2.36. The quantitative estimate of drug-likeness (QED) is 0.251. The monoisotopic (exact) mass is 734 g/mol. The summed E-state index contributed by atoms with van der Waals surface area (Å²) < 4.78 is 68.9. The molecule has 1 fully saturated rings. The molecule has 0 spiro atoms.